The monoisotopic (exact) mass is 443 g/mol. The van der Waals surface area contributed by atoms with Gasteiger partial charge in [0, 0.05) is 12.1 Å². The van der Waals surface area contributed by atoms with Crippen LogP contribution in [0.25, 0.3) is 0 Å². The zero-order valence-electron chi connectivity index (χ0n) is 16.2. The van der Waals surface area contributed by atoms with Crippen molar-refractivity contribution in [3.63, 3.8) is 0 Å². The molecule has 162 valence electrons. The average Bonchev–Trinajstić information content (AvgIpc) is 2.66. The lowest BCUT2D eigenvalue weighted by Crippen LogP contribution is -2.22. The molecule has 0 aromatic heterocycles. The minimum absolute atomic E-state index is 0.0832. The second-order valence-electron chi connectivity index (χ2n) is 5.99. The summed E-state index contributed by atoms with van der Waals surface area (Å²) in [5, 5.41) is 9.43. The maximum absolute atomic E-state index is 10.6. The van der Waals surface area contributed by atoms with E-state index in [9.17, 15) is 21.6 Å². The Morgan fingerprint density at radius 1 is 0.724 bits per heavy atom. The van der Waals surface area contributed by atoms with Crippen LogP contribution in [0.1, 0.15) is 28.8 Å². The Kier molecular flexibility index (Phi) is 13.7. The van der Waals surface area contributed by atoms with Gasteiger partial charge in [-0.25, -0.2) is 27.1 Å². The van der Waals surface area contributed by atoms with Gasteiger partial charge in [0.1, 0.15) is 6.29 Å². The molecular weight excluding hydrogens is 414 g/mol. The predicted octanol–water partition coefficient (Wildman–Crippen LogP) is 1.03. The number of carbonyl (C=O) groups excluding carboxylic acids is 1. The van der Waals surface area contributed by atoms with Crippen LogP contribution in [-0.2, 0) is 26.5 Å². The predicted molar refractivity (Wildman–Crippen MR) is 116 cm³/mol. The third-order valence-corrected chi connectivity index (χ3v) is 4.99. The van der Waals surface area contributed by atoms with Crippen LogP contribution in [0.4, 0.5) is 0 Å². The Labute approximate surface area is 173 Å². The van der Waals surface area contributed by atoms with Gasteiger partial charge in [0.25, 0.3) is 0 Å². The first kappa shape index (κ1) is 26.9. The van der Waals surface area contributed by atoms with E-state index in [1.54, 1.807) is 12.1 Å². The molecule has 2 rings (SSSR count). The number of benzene rings is 2. The topological polar surface area (TPSA) is 163 Å². The quantitative estimate of drug-likeness (QED) is 0.407. The maximum atomic E-state index is 10.6. The Bertz CT molecular complexity index is 888. The van der Waals surface area contributed by atoms with Gasteiger partial charge in [0.2, 0.25) is 20.0 Å². The first-order chi connectivity index (χ1) is 13.6. The summed E-state index contributed by atoms with van der Waals surface area (Å²) in [7, 11) is -6.58. The summed E-state index contributed by atoms with van der Waals surface area (Å²) in [5.74, 6) is -0.0488. The van der Waals surface area contributed by atoms with Crippen LogP contribution in [0.2, 0.25) is 0 Å². The molecule has 0 heterocycles. The molecule has 0 aliphatic rings. The molecule has 0 aliphatic carbocycles. The lowest BCUT2D eigenvalue weighted by Gasteiger charge is -2.00. The Morgan fingerprint density at radius 2 is 1.21 bits per heavy atom. The summed E-state index contributed by atoms with van der Waals surface area (Å²) in [6.07, 6.45) is 3.24. The number of aldehydes is 1. The number of aryl methyl sites for hydroxylation is 1. The first-order valence-electron chi connectivity index (χ1n) is 8.82. The van der Waals surface area contributed by atoms with Crippen molar-refractivity contribution in [1.29, 1.82) is 0 Å². The summed E-state index contributed by atoms with van der Waals surface area (Å²) in [6, 6.07) is 19.1. The van der Waals surface area contributed by atoms with Gasteiger partial charge in [-0.2, -0.15) is 0 Å². The Hall–Kier alpha value is -2.11. The van der Waals surface area contributed by atoms with Gasteiger partial charge in [-0.15, -0.1) is 0 Å². The molecule has 8 nitrogen and oxygen atoms in total. The van der Waals surface area contributed by atoms with Crippen LogP contribution in [0, 0.1) is 0 Å². The van der Waals surface area contributed by atoms with Gasteiger partial charge < -0.3 is 5.73 Å². The summed E-state index contributed by atoms with van der Waals surface area (Å²) >= 11 is 0. The summed E-state index contributed by atoms with van der Waals surface area (Å²) in [6.45, 7) is 0.0961. The van der Waals surface area contributed by atoms with Gasteiger partial charge in [-0.3, -0.25) is 4.79 Å². The van der Waals surface area contributed by atoms with Crippen LogP contribution in [0.15, 0.2) is 60.7 Å². The van der Waals surface area contributed by atoms with Crippen molar-refractivity contribution >= 4 is 26.3 Å². The van der Waals surface area contributed by atoms with Crippen LogP contribution in [-0.4, -0.2) is 41.2 Å². The van der Waals surface area contributed by atoms with E-state index in [1.165, 1.54) is 5.56 Å². The highest BCUT2D eigenvalue weighted by Gasteiger charge is 2.01. The Balaban J connectivity index is 0.000000444. The molecule has 0 spiro atoms. The summed E-state index contributed by atoms with van der Waals surface area (Å²) < 4.78 is 41.1. The zero-order valence-corrected chi connectivity index (χ0v) is 17.8. The standard InChI is InChI=1S/C10H15NO2S.C7H6O.C2H8N2O2S/c11-14(12,13)9-5-4-8-10-6-2-1-3-7-10;8-6-7-4-2-1-3-5-7;3-1-2-7(4,5)6/h1-3,6-7H,4-5,8-9H2,(H2,11,12,13);1-6H;1-3H2,(H2,4,5,6). The fraction of sp³-hybridized carbons (Fsp3) is 0.316. The number of hydrogen-bond donors (Lipinski definition) is 3. The minimum Gasteiger partial charge on any atom is -0.329 e. The largest absolute Gasteiger partial charge is 0.329 e. The van der Waals surface area contributed by atoms with E-state index in [0.717, 1.165) is 24.7 Å². The molecule has 29 heavy (non-hydrogen) atoms. The average molecular weight is 444 g/mol. The van der Waals surface area contributed by atoms with E-state index < -0.39 is 20.0 Å². The molecule has 0 aliphatic heterocycles. The number of sulfonamides is 2. The first-order valence-corrected chi connectivity index (χ1v) is 12.3. The lowest BCUT2D eigenvalue weighted by molar-refractivity contribution is 0.112. The summed E-state index contributed by atoms with van der Waals surface area (Å²) in [4.78, 5) is 10.0. The molecule has 0 saturated heterocycles. The number of unbranched alkanes of at least 4 members (excludes halogenated alkanes) is 1. The fourth-order valence-corrected chi connectivity index (χ4v) is 2.91. The zero-order chi connectivity index (χ0) is 22.2. The van der Waals surface area contributed by atoms with Crippen molar-refractivity contribution < 1.29 is 21.6 Å². The third kappa shape index (κ3) is 19.0. The highest BCUT2D eigenvalue weighted by Crippen LogP contribution is 2.04. The van der Waals surface area contributed by atoms with E-state index in [0.29, 0.717) is 6.42 Å². The van der Waals surface area contributed by atoms with E-state index >= 15 is 0 Å². The number of nitrogens with two attached hydrogens (primary N) is 3. The lowest BCUT2D eigenvalue weighted by atomic mass is 10.1. The van der Waals surface area contributed by atoms with E-state index in [2.05, 4.69) is 5.14 Å². The van der Waals surface area contributed by atoms with Gasteiger partial charge in [0.05, 0.1) is 11.5 Å². The molecule has 6 N–H and O–H groups in total. The van der Waals surface area contributed by atoms with Crippen molar-refractivity contribution in [2.24, 2.45) is 16.0 Å². The summed E-state index contributed by atoms with van der Waals surface area (Å²) in [5.41, 5.74) is 6.82. The molecule has 10 heteroatoms. The molecule has 0 unspecified atom stereocenters. The molecular formula is C19H29N3O5S2. The van der Waals surface area contributed by atoms with Gasteiger partial charge in [-0.1, -0.05) is 60.7 Å². The molecule has 0 saturated carbocycles. The second kappa shape index (κ2) is 14.8. The van der Waals surface area contributed by atoms with Crippen molar-refractivity contribution in [2.75, 3.05) is 18.1 Å². The maximum Gasteiger partial charge on any atom is 0.210 e. The highest BCUT2D eigenvalue weighted by molar-refractivity contribution is 7.89. The molecule has 0 atom stereocenters. The smallest absolute Gasteiger partial charge is 0.210 e. The van der Waals surface area contributed by atoms with Crippen molar-refractivity contribution in [3.8, 4) is 0 Å². The van der Waals surface area contributed by atoms with Gasteiger partial charge in [0.15, 0.2) is 0 Å². The molecule has 0 radical (unpaired) electrons. The fourth-order valence-electron chi connectivity index (χ4n) is 1.97. The van der Waals surface area contributed by atoms with Crippen LogP contribution >= 0.6 is 0 Å². The van der Waals surface area contributed by atoms with Crippen LogP contribution in [0.3, 0.4) is 0 Å². The Morgan fingerprint density at radius 3 is 1.55 bits per heavy atom. The molecule has 0 amide bonds. The molecule has 2 aromatic carbocycles. The normalized spacial score (nSPS) is 10.7. The number of hydrogen-bond acceptors (Lipinski definition) is 6. The molecule has 0 fully saturated rings. The van der Waals surface area contributed by atoms with E-state index in [4.69, 9.17) is 10.9 Å². The third-order valence-electron chi connectivity index (χ3n) is 3.33. The highest BCUT2D eigenvalue weighted by atomic mass is 32.2. The van der Waals surface area contributed by atoms with Crippen LogP contribution < -0.4 is 16.0 Å². The van der Waals surface area contributed by atoms with E-state index in [1.807, 2.05) is 48.5 Å². The van der Waals surface area contributed by atoms with Crippen molar-refractivity contribution in [3.05, 3.63) is 71.8 Å². The number of carbonyl (C=O) groups is 1. The van der Waals surface area contributed by atoms with Gasteiger partial charge in [-0.05, 0) is 24.8 Å². The SMILES string of the molecule is NCCS(N)(=O)=O.NS(=O)(=O)CCCCc1ccccc1.O=Cc1ccccc1. The van der Waals surface area contributed by atoms with Crippen molar-refractivity contribution in [1.82, 2.24) is 0 Å². The number of rotatable bonds is 8. The van der Waals surface area contributed by atoms with E-state index in [-0.39, 0.29) is 18.1 Å². The number of primary sulfonamides is 2. The minimum atomic E-state index is -3.30. The van der Waals surface area contributed by atoms with Gasteiger partial charge >= 0.3 is 0 Å². The molecule has 2 aromatic rings. The van der Waals surface area contributed by atoms with Crippen molar-refractivity contribution in [2.45, 2.75) is 19.3 Å². The molecule has 0 bridgehead atoms. The van der Waals surface area contributed by atoms with Crippen LogP contribution in [0.5, 0.6) is 0 Å². The second-order valence-corrected chi connectivity index (χ2v) is 9.46.